The van der Waals surface area contributed by atoms with Crippen LogP contribution in [0.3, 0.4) is 0 Å². The third kappa shape index (κ3) is 1.72. The van der Waals surface area contributed by atoms with E-state index in [1.165, 1.54) is 18.0 Å². The van der Waals surface area contributed by atoms with Crippen molar-refractivity contribution < 1.29 is 9.53 Å². The lowest BCUT2D eigenvalue weighted by molar-refractivity contribution is 0.0601. The summed E-state index contributed by atoms with van der Waals surface area (Å²) in [6.45, 7) is 0. The minimum atomic E-state index is -0.377. The van der Waals surface area contributed by atoms with E-state index in [2.05, 4.69) is 15.0 Å². The molecule has 2 rings (SSSR count). The van der Waals surface area contributed by atoms with Crippen LogP contribution in [-0.2, 0) is 4.74 Å². The first-order valence-electron chi connectivity index (χ1n) is 4.57. The molecule has 0 fully saturated rings. The normalized spacial score (nSPS) is 10.1. The molecule has 82 valence electrons. The highest BCUT2D eigenvalue weighted by Gasteiger charge is 2.06. The van der Waals surface area contributed by atoms with E-state index in [0.717, 1.165) is 5.69 Å². The number of nitrogens with zero attached hydrogens (tertiary/aromatic N) is 3. The van der Waals surface area contributed by atoms with Gasteiger partial charge in [-0.25, -0.2) is 4.79 Å². The third-order valence-corrected chi connectivity index (χ3v) is 2.11. The van der Waals surface area contributed by atoms with Gasteiger partial charge < -0.3 is 10.5 Å². The van der Waals surface area contributed by atoms with E-state index in [9.17, 15) is 4.79 Å². The number of aromatic nitrogens is 3. The second kappa shape index (κ2) is 4.01. The monoisotopic (exact) mass is 218 g/mol. The zero-order chi connectivity index (χ0) is 11.5. The summed E-state index contributed by atoms with van der Waals surface area (Å²) in [5, 5.41) is 7.47. The fraction of sp³-hybridized carbons (Fsp3) is 0.100. The number of carbonyl (C=O) groups is 1. The maximum absolute atomic E-state index is 11.2. The van der Waals surface area contributed by atoms with Gasteiger partial charge in [0, 0.05) is 0 Å². The first-order chi connectivity index (χ1) is 7.72. The van der Waals surface area contributed by atoms with Gasteiger partial charge in [-0.05, 0) is 24.3 Å². The van der Waals surface area contributed by atoms with Gasteiger partial charge in [0.25, 0.3) is 0 Å². The topological polar surface area (TPSA) is 83.0 Å². The average Bonchev–Trinajstić information content (AvgIpc) is 2.75. The summed E-state index contributed by atoms with van der Waals surface area (Å²) in [4.78, 5) is 11.2. The lowest BCUT2D eigenvalue weighted by Gasteiger charge is -2.03. The Hall–Kier alpha value is -2.37. The molecule has 0 bridgehead atoms. The average molecular weight is 218 g/mol. The third-order valence-electron chi connectivity index (χ3n) is 2.11. The number of methoxy groups -OCH3 is 1. The molecule has 0 spiro atoms. The van der Waals surface area contributed by atoms with Crippen LogP contribution in [0.1, 0.15) is 10.4 Å². The smallest absolute Gasteiger partial charge is 0.337 e. The standard InChI is InChI=1S/C10H10N4O2/c1-16-10(15)7-2-4-8(5-3-7)14-9(11)6-12-13-14/h2-6H,11H2,1H3. The lowest BCUT2D eigenvalue weighted by Crippen LogP contribution is -2.04. The van der Waals surface area contributed by atoms with Crippen molar-refractivity contribution in [1.29, 1.82) is 0 Å². The summed E-state index contributed by atoms with van der Waals surface area (Å²) in [6, 6.07) is 6.72. The van der Waals surface area contributed by atoms with Crippen molar-refractivity contribution in [2.24, 2.45) is 0 Å². The molecule has 1 aromatic carbocycles. The van der Waals surface area contributed by atoms with Crippen LogP contribution in [0.4, 0.5) is 5.82 Å². The molecule has 0 aliphatic carbocycles. The molecule has 0 saturated carbocycles. The van der Waals surface area contributed by atoms with Gasteiger partial charge in [-0.15, -0.1) is 5.10 Å². The van der Waals surface area contributed by atoms with Crippen LogP contribution in [0.15, 0.2) is 30.5 Å². The van der Waals surface area contributed by atoms with Crippen LogP contribution in [0.5, 0.6) is 0 Å². The van der Waals surface area contributed by atoms with Crippen molar-refractivity contribution in [3.63, 3.8) is 0 Å². The van der Waals surface area contributed by atoms with Gasteiger partial charge in [0.05, 0.1) is 24.6 Å². The molecular weight excluding hydrogens is 208 g/mol. The van der Waals surface area contributed by atoms with Crippen molar-refractivity contribution in [2.45, 2.75) is 0 Å². The molecule has 0 aliphatic heterocycles. The summed E-state index contributed by atoms with van der Waals surface area (Å²) >= 11 is 0. The highest BCUT2D eigenvalue weighted by molar-refractivity contribution is 5.89. The summed E-state index contributed by atoms with van der Waals surface area (Å²) in [5.41, 5.74) is 6.86. The molecule has 2 N–H and O–H groups in total. The van der Waals surface area contributed by atoms with Crippen molar-refractivity contribution in [3.8, 4) is 5.69 Å². The highest BCUT2D eigenvalue weighted by Crippen LogP contribution is 2.12. The number of hydrogen-bond acceptors (Lipinski definition) is 5. The molecule has 16 heavy (non-hydrogen) atoms. The quantitative estimate of drug-likeness (QED) is 0.748. The summed E-state index contributed by atoms with van der Waals surface area (Å²) < 4.78 is 6.07. The number of ether oxygens (including phenoxy) is 1. The molecule has 0 saturated heterocycles. The van der Waals surface area contributed by atoms with Gasteiger partial charge in [-0.1, -0.05) is 5.21 Å². The molecule has 0 radical (unpaired) electrons. The molecule has 1 heterocycles. The summed E-state index contributed by atoms with van der Waals surface area (Å²) in [5.74, 6) is 0.0592. The van der Waals surface area contributed by atoms with E-state index in [0.29, 0.717) is 11.4 Å². The Labute approximate surface area is 91.6 Å². The van der Waals surface area contributed by atoms with Crippen LogP contribution >= 0.6 is 0 Å². The highest BCUT2D eigenvalue weighted by atomic mass is 16.5. The molecule has 0 amide bonds. The molecule has 0 atom stereocenters. The van der Waals surface area contributed by atoms with Crippen LogP contribution in [-0.4, -0.2) is 28.1 Å². The molecular formula is C10H10N4O2. The SMILES string of the molecule is COC(=O)c1ccc(-n2nncc2N)cc1. The number of carbonyl (C=O) groups excluding carboxylic acids is 1. The number of anilines is 1. The summed E-state index contributed by atoms with van der Waals surface area (Å²) in [7, 11) is 1.34. The lowest BCUT2D eigenvalue weighted by atomic mass is 10.2. The van der Waals surface area contributed by atoms with E-state index in [-0.39, 0.29) is 5.97 Å². The van der Waals surface area contributed by atoms with Gasteiger partial charge in [-0.2, -0.15) is 4.68 Å². The van der Waals surface area contributed by atoms with Crippen molar-refractivity contribution in [3.05, 3.63) is 36.0 Å². The zero-order valence-corrected chi connectivity index (χ0v) is 8.62. The molecule has 6 nitrogen and oxygen atoms in total. The summed E-state index contributed by atoms with van der Waals surface area (Å²) in [6.07, 6.45) is 1.45. The van der Waals surface area contributed by atoms with E-state index in [1.807, 2.05) is 0 Å². The van der Waals surface area contributed by atoms with Crippen LogP contribution in [0.25, 0.3) is 5.69 Å². The van der Waals surface area contributed by atoms with Gasteiger partial charge in [0.1, 0.15) is 5.82 Å². The Morgan fingerprint density at radius 1 is 1.38 bits per heavy atom. The molecule has 2 aromatic rings. The van der Waals surface area contributed by atoms with Gasteiger partial charge in [-0.3, -0.25) is 0 Å². The van der Waals surface area contributed by atoms with E-state index < -0.39 is 0 Å². The largest absolute Gasteiger partial charge is 0.465 e. The van der Waals surface area contributed by atoms with Gasteiger partial charge in [0.15, 0.2) is 0 Å². The predicted molar refractivity (Wildman–Crippen MR) is 57.1 cm³/mol. The van der Waals surface area contributed by atoms with Crippen LogP contribution < -0.4 is 5.73 Å². The van der Waals surface area contributed by atoms with Gasteiger partial charge >= 0.3 is 5.97 Å². The Morgan fingerprint density at radius 3 is 2.56 bits per heavy atom. The Bertz CT molecular complexity index is 504. The van der Waals surface area contributed by atoms with Crippen molar-refractivity contribution in [2.75, 3.05) is 12.8 Å². The Morgan fingerprint density at radius 2 is 2.06 bits per heavy atom. The first kappa shape index (κ1) is 10.2. The number of benzene rings is 1. The molecule has 6 heteroatoms. The van der Waals surface area contributed by atoms with E-state index in [1.54, 1.807) is 24.3 Å². The second-order valence-electron chi connectivity index (χ2n) is 3.11. The van der Waals surface area contributed by atoms with E-state index in [4.69, 9.17) is 5.73 Å². The Balaban J connectivity index is 2.33. The molecule has 0 unspecified atom stereocenters. The maximum Gasteiger partial charge on any atom is 0.337 e. The molecule has 1 aromatic heterocycles. The second-order valence-corrected chi connectivity index (χ2v) is 3.11. The maximum atomic E-state index is 11.2. The fourth-order valence-corrected chi connectivity index (χ4v) is 1.30. The van der Waals surface area contributed by atoms with Crippen LogP contribution in [0.2, 0.25) is 0 Å². The van der Waals surface area contributed by atoms with E-state index >= 15 is 0 Å². The number of rotatable bonds is 2. The zero-order valence-electron chi connectivity index (χ0n) is 8.62. The van der Waals surface area contributed by atoms with Crippen LogP contribution in [0, 0.1) is 0 Å². The number of nitrogens with two attached hydrogens (primary N) is 1. The number of nitrogen functional groups attached to an aromatic ring is 1. The number of esters is 1. The van der Waals surface area contributed by atoms with Crippen molar-refractivity contribution in [1.82, 2.24) is 15.0 Å². The fourth-order valence-electron chi connectivity index (χ4n) is 1.30. The van der Waals surface area contributed by atoms with Gasteiger partial charge in [0.2, 0.25) is 0 Å². The first-order valence-corrected chi connectivity index (χ1v) is 4.57. The molecule has 0 aliphatic rings. The minimum Gasteiger partial charge on any atom is -0.465 e. The Kier molecular flexibility index (Phi) is 2.55. The predicted octanol–water partition coefficient (Wildman–Crippen LogP) is 0.636. The number of hydrogen-bond donors (Lipinski definition) is 1. The minimum absolute atomic E-state index is 0.377. The van der Waals surface area contributed by atoms with Crippen molar-refractivity contribution >= 4 is 11.8 Å².